The number of esters is 1. The summed E-state index contributed by atoms with van der Waals surface area (Å²) in [5, 5.41) is 0. The number of furan rings is 1. The Kier molecular flexibility index (Phi) is 7.68. The first-order valence-electron chi connectivity index (χ1n) is 10.0. The van der Waals surface area contributed by atoms with Crippen molar-refractivity contribution in [2.45, 2.75) is 11.4 Å². The molecule has 0 spiro atoms. The fourth-order valence-corrected chi connectivity index (χ4v) is 4.49. The van der Waals surface area contributed by atoms with Gasteiger partial charge < -0.3 is 14.1 Å². The number of carbonyl (C=O) groups is 2. The maximum absolute atomic E-state index is 13.3. The van der Waals surface area contributed by atoms with Crippen LogP contribution in [0.25, 0.3) is 0 Å². The zero-order valence-electron chi connectivity index (χ0n) is 18.1. The van der Waals surface area contributed by atoms with Crippen LogP contribution in [0, 0.1) is 0 Å². The number of hydrogen-bond acceptors (Lipinski definition) is 6. The number of ether oxygens (including phenoxy) is 1. The molecule has 0 aliphatic heterocycles. The lowest BCUT2D eigenvalue weighted by atomic mass is 10.2. The van der Waals surface area contributed by atoms with Gasteiger partial charge in [0.2, 0.25) is 0 Å². The summed E-state index contributed by atoms with van der Waals surface area (Å²) >= 11 is 0. The van der Waals surface area contributed by atoms with E-state index < -0.39 is 28.5 Å². The van der Waals surface area contributed by atoms with Crippen molar-refractivity contribution in [1.29, 1.82) is 0 Å². The quantitative estimate of drug-likeness (QED) is 0.334. The second kappa shape index (κ2) is 10.6. The first-order chi connectivity index (χ1) is 15.8. The summed E-state index contributed by atoms with van der Waals surface area (Å²) in [5.74, 6) is -0.635. The van der Waals surface area contributed by atoms with Crippen molar-refractivity contribution in [3.05, 3.63) is 97.0 Å². The highest BCUT2D eigenvalue weighted by molar-refractivity contribution is 7.92. The summed E-state index contributed by atoms with van der Waals surface area (Å²) in [6.07, 6.45) is 2.98. The van der Waals surface area contributed by atoms with Crippen LogP contribution in [0.4, 0.5) is 5.69 Å². The van der Waals surface area contributed by atoms with Gasteiger partial charge in [0.05, 0.1) is 35.5 Å². The number of rotatable bonds is 10. The molecule has 8 nitrogen and oxygen atoms in total. The smallest absolute Gasteiger partial charge is 0.338 e. The van der Waals surface area contributed by atoms with Crippen molar-refractivity contribution >= 4 is 27.6 Å². The van der Waals surface area contributed by atoms with E-state index in [0.717, 1.165) is 0 Å². The molecule has 0 unspecified atom stereocenters. The number of benzene rings is 2. The molecule has 0 bridgehead atoms. The fourth-order valence-electron chi connectivity index (χ4n) is 3.01. The Labute approximate surface area is 192 Å². The van der Waals surface area contributed by atoms with E-state index in [1.807, 2.05) is 0 Å². The highest BCUT2D eigenvalue weighted by Crippen LogP contribution is 2.24. The molecule has 0 fully saturated rings. The van der Waals surface area contributed by atoms with E-state index in [-0.39, 0.29) is 23.5 Å². The first kappa shape index (κ1) is 23.8. The van der Waals surface area contributed by atoms with Crippen molar-refractivity contribution < 1.29 is 27.2 Å². The van der Waals surface area contributed by atoms with Gasteiger partial charge in [-0.1, -0.05) is 30.3 Å². The Morgan fingerprint density at radius 3 is 2.48 bits per heavy atom. The van der Waals surface area contributed by atoms with Gasteiger partial charge in [0, 0.05) is 7.05 Å². The van der Waals surface area contributed by atoms with Gasteiger partial charge in [0.1, 0.15) is 5.76 Å². The maximum atomic E-state index is 13.3. The molecule has 172 valence electrons. The van der Waals surface area contributed by atoms with Crippen LogP contribution in [0.15, 0.2) is 95.0 Å². The molecule has 1 amide bonds. The Bertz CT molecular complexity index is 1210. The molecule has 0 aliphatic rings. The van der Waals surface area contributed by atoms with Gasteiger partial charge in [0.15, 0.2) is 6.61 Å². The average molecular weight is 469 g/mol. The molecule has 3 rings (SSSR count). The molecule has 3 aromatic rings. The number of anilines is 1. The van der Waals surface area contributed by atoms with Crippen molar-refractivity contribution in [1.82, 2.24) is 4.90 Å². The van der Waals surface area contributed by atoms with E-state index in [2.05, 4.69) is 6.58 Å². The highest BCUT2D eigenvalue weighted by atomic mass is 32.2. The molecule has 0 saturated heterocycles. The van der Waals surface area contributed by atoms with Crippen LogP contribution in [0.3, 0.4) is 0 Å². The monoisotopic (exact) mass is 468 g/mol. The van der Waals surface area contributed by atoms with E-state index in [1.54, 1.807) is 49.5 Å². The largest absolute Gasteiger partial charge is 0.467 e. The summed E-state index contributed by atoms with van der Waals surface area (Å²) < 4.78 is 38.0. The Balaban J connectivity index is 1.72. The molecule has 33 heavy (non-hydrogen) atoms. The molecular formula is C24H24N2O6S. The Hall–Kier alpha value is -3.85. The molecule has 1 aromatic heterocycles. The third kappa shape index (κ3) is 5.89. The number of hydrogen-bond donors (Lipinski definition) is 0. The topological polar surface area (TPSA) is 97.1 Å². The standard InChI is InChI=1S/C24H24N2O6S/c1-3-14-26(20-10-5-4-6-11-20)33(29,30)22-13-7-9-19(16-22)24(28)32-18-23(27)25(2)17-21-12-8-15-31-21/h3-13,15-16H,1,14,17-18H2,2H3. The Morgan fingerprint density at radius 1 is 1.06 bits per heavy atom. The van der Waals surface area contributed by atoms with E-state index in [4.69, 9.17) is 9.15 Å². The van der Waals surface area contributed by atoms with E-state index in [1.165, 1.54) is 45.8 Å². The molecule has 9 heteroatoms. The molecule has 0 atom stereocenters. The van der Waals surface area contributed by atoms with Crippen LogP contribution in [-0.4, -0.2) is 45.4 Å². The van der Waals surface area contributed by atoms with Crippen LogP contribution in [0.2, 0.25) is 0 Å². The minimum Gasteiger partial charge on any atom is -0.467 e. The minimum absolute atomic E-state index is 0.0178. The summed E-state index contributed by atoms with van der Waals surface area (Å²) in [4.78, 5) is 26.0. The molecule has 0 N–H and O–H groups in total. The average Bonchev–Trinajstić information content (AvgIpc) is 3.34. The van der Waals surface area contributed by atoms with Crippen LogP contribution in [0.5, 0.6) is 0 Å². The number of para-hydroxylation sites is 1. The van der Waals surface area contributed by atoms with Gasteiger partial charge in [-0.15, -0.1) is 6.58 Å². The van der Waals surface area contributed by atoms with Crippen LogP contribution < -0.4 is 4.31 Å². The minimum atomic E-state index is -3.98. The number of nitrogens with zero attached hydrogens (tertiary/aromatic N) is 2. The lowest BCUT2D eigenvalue weighted by Crippen LogP contribution is -2.31. The summed E-state index contributed by atoms with van der Waals surface area (Å²) in [5.41, 5.74) is 0.486. The van der Waals surface area contributed by atoms with Crippen molar-refractivity contribution in [3.8, 4) is 0 Å². The molecule has 0 radical (unpaired) electrons. The molecular weight excluding hydrogens is 444 g/mol. The van der Waals surface area contributed by atoms with Crippen molar-refractivity contribution in [3.63, 3.8) is 0 Å². The van der Waals surface area contributed by atoms with Crippen LogP contribution in [-0.2, 0) is 26.1 Å². The van der Waals surface area contributed by atoms with E-state index in [9.17, 15) is 18.0 Å². The maximum Gasteiger partial charge on any atom is 0.338 e. The summed E-state index contributed by atoms with van der Waals surface area (Å²) in [7, 11) is -2.42. The second-order valence-electron chi connectivity index (χ2n) is 7.09. The SMILES string of the molecule is C=CCN(c1ccccc1)S(=O)(=O)c1cccc(C(=O)OCC(=O)N(C)Cc2ccco2)c1. The van der Waals surface area contributed by atoms with Gasteiger partial charge in [-0.25, -0.2) is 13.2 Å². The van der Waals surface area contributed by atoms with Crippen LogP contribution >= 0.6 is 0 Å². The van der Waals surface area contributed by atoms with E-state index in [0.29, 0.717) is 11.4 Å². The molecule has 0 aliphatic carbocycles. The third-order valence-electron chi connectivity index (χ3n) is 4.72. The number of likely N-dealkylation sites (N-methyl/N-ethyl adjacent to an activating group) is 1. The summed E-state index contributed by atoms with van der Waals surface area (Å²) in [6, 6.07) is 17.5. The van der Waals surface area contributed by atoms with Crippen molar-refractivity contribution in [2.24, 2.45) is 0 Å². The zero-order valence-corrected chi connectivity index (χ0v) is 18.9. The van der Waals surface area contributed by atoms with E-state index >= 15 is 0 Å². The third-order valence-corrected chi connectivity index (χ3v) is 6.51. The number of amides is 1. The number of sulfonamides is 1. The van der Waals surface area contributed by atoms with Crippen LogP contribution in [0.1, 0.15) is 16.1 Å². The van der Waals surface area contributed by atoms with Gasteiger partial charge in [0.25, 0.3) is 15.9 Å². The lowest BCUT2D eigenvalue weighted by molar-refractivity contribution is -0.133. The number of carbonyl (C=O) groups excluding carboxylic acids is 2. The Morgan fingerprint density at radius 2 is 1.82 bits per heavy atom. The molecule has 1 heterocycles. The first-order valence-corrected chi connectivity index (χ1v) is 11.5. The van der Waals surface area contributed by atoms with Gasteiger partial charge in [-0.3, -0.25) is 9.10 Å². The normalized spacial score (nSPS) is 10.9. The summed E-state index contributed by atoms with van der Waals surface area (Å²) in [6.45, 7) is 3.43. The van der Waals surface area contributed by atoms with Gasteiger partial charge in [-0.05, 0) is 42.5 Å². The molecule has 2 aromatic carbocycles. The van der Waals surface area contributed by atoms with Gasteiger partial charge >= 0.3 is 5.97 Å². The predicted octanol–water partition coefficient (Wildman–Crippen LogP) is 3.48. The molecule has 0 saturated carbocycles. The highest BCUT2D eigenvalue weighted by Gasteiger charge is 2.25. The van der Waals surface area contributed by atoms with Gasteiger partial charge in [-0.2, -0.15) is 0 Å². The van der Waals surface area contributed by atoms with Crippen molar-refractivity contribution in [2.75, 3.05) is 24.5 Å². The predicted molar refractivity (Wildman–Crippen MR) is 123 cm³/mol. The fraction of sp³-hybridized carbons (Fsp3) is 0.167. The zero-order chi connectivity index (χ0) is 23.8. The second-order valence-corrected chi connectivity index (χ2v) is 8.96. The lowest BCUT2D eigenvalue weighted by Gasteiger charge is -2.23.